The van der Waals surface area contributed by atoms with Crippen LogP contribution in [-0.2, 0) is 21.3 Å². The molecule has 2 unspecified atom stereocenters. The smallest absolute Gasteiger partial charge is 0.254 e. The predicted octanol–water partition coefficient (Wildman–Crippen LogP) is 3.55. The number of nitrogens with zero attached hydrogens (tertiary/aromatic N) is 2. The van der Waals surface area contributed by atoms with Crippen molar-refractivity contribution in [3.63, 3.8) is 0 Å². The molecule has 0 N–H and O–H groups in total. The summed E-state index contributed by atoms with van der Waals surface area (Å²) in [6.07, 6.45) is -0.380. The molecule has 0 aliphatic carbocycles. The van der Waals surface area contributed by atoms with Gasteiger partial charge >= 0.3 is 0 Å². The molecule has 1 amide bonds. The van der Waals surface area contributed by atoms with Crippen molar-refractivity contribution in [2.24, 2.45) is 0 Å². The van der Waals surface area contributed by atoms with Crippen LogP contribution in [0.5, 0.6) is 11.5 Å². The van der Waals surface area contributed by atoms with E-state index >= 15 is 0 Å². The molecule has 186 valence electrons. The maximum absolute atomic E-state index is 13.3. The maximum Gasteiger partial charge on any atom is 0.254 e. The van der Waals surface area contributed by atoms with Gasteiger partial charge in [-0.25, -0.2) is 8.42 Å². The Balaban J connectivity index is 1.82. The molecule has 2 aromatic carbocycles. The molecule has 3 rings (SSSR count). The van der Waals surface area contributed by atoms with Gasteiger partial charge in [-0.15, -0.1) is 0 Å². The summed E-state index contributed by atoms with van der Waals surface area (Å²) in [6, 6.07) is 11.8. The highest BCUT2D eigenvalue weighted by Crippen LogP contribution is 2.29. The highest BCUT2D eigenvalue weighted by atomic mass is 32.2. The van der Waals surface area contributed by atoms with Crippen molar-refractivity contribution in [2.45, 2.75) is 51.3 Å². The van der Waals surface area contributed by atoms with Crippen molar-refractivity contribution in [3.05, 3.63) is 53.6 Å². The summed E-state index contributed by atoms with van der Waals surface area (Å²) in [6.45, 7) is 9.41. The summed E-state index contributed by atoms with van der Waals surface area (Å²) < 4.78 is 44.6. The van der Waals surface area contributed by atoms with Crippen LogP contribution in [0.2, 0.25) is 0 Å². The molecule has 34 heavy (non-hydrogen) atoms. The largest absolute Gasteiger partial charge is 0.493 e. The van der Waals surface area contributed by atoms with Gasteiger partial charge in [0.2, 0.25) is 10.0 Å². The second-order valence-corrected chi connectivity index (χ2v) is 10.3. The van der Waals surface area contributed by atoms with Crippen LogP contribution in [0.3, 0.4) is 0 Å². The molecule has 0 radical (unpaired) electrons. The Bertz CT molecular complexity index is 1090. The molecule has 1 aliphatic rings. The molecule has 2 aromatic rings. The Morgan fingerprint density at radius 2 is 1.79 bits per heavy atom. The third-order valence-corrected chi connectivity index (χ3v) is 7.50. The van der Waals surface area contributed by atoms with Crippen LogP contribution >= 0.6 is 0 Å². The van der Waals surface area contributed by atoms with Crippen molar-refractivity contribution in [2.75, 3.05) is 33.4 Å². The minimum absolute atomic E-state index is 0.110. The highest BCUT2D eigenvalue weighted by molar-refractivity contribution is 7.89. The van der Waals surface area contributed by atoms with E-state index in [9.17, 15) is 13.2 Å². The van der Waals surface area contributed by atoms with Gasteiger partial charge in [0, 0.05) is 31.7 Å². The average molecular weight is 491 g/mol. The van der Waals surface area contributed by atoms with Crippen molar-refractivity contribution in [3.8, 4) is 11.5 Å². The van der Waals surface area contributed by atoms with E-state index in [1.54, 1.807) is 24.1 Å². The Kier molecular flexibility index (Phi) is 8.57. The molecular formula is C25H34N2O6S. The number of sulfonamides is 1. The Morgan fingerprint density at radius 3 is 2.41 bits per heavy atom. The number of morpholine rings is 1. The van der Waals surface area contributed by atoms with Crippen LogP contribution in [0.4, 0.5) is 0 Å². The number of carbonyl (C=O) groups is 1. The average Bonchev–Trinajstić information content (AvgIpc) is 2.82. The van der Waals surface area contributed by atoms with E-state index in [1.807, 2.05) is 45.9 Å². The van der Waals surface area contributed by atoms with Crippen LogP contribution in [0, 0.1) is 0 Å². The fourth-order valence-electron chi connectivity index (χ4n) is 4.08. The summed E-state index contributed by atoms with van der Waals surface area (Å²) in [5.41, 5.74) is 1.21. The molecule has 0 aromatic heterocycles. The normalized spacial score (nSPS) is 19.0. The van der Waals surface area contributed by atoms with Crippen LogP contribution in [0.15, 0.2) is 47.4 Å². The highest BCUT2D eigenvalue weighted by Gasteiger charge is 2.32. The number of amides is 1. The van der Waals surface area contributed by atoms with Gasteiger partial charge in [-0.2, -0.15) is 4.31 Å². The third-order valence-electron chi connectivity index (χ3n) is 5.68. The second-order valence-electron chi connectivity index (χ2n) is 8.34. The molecule has 2 atom stereocenters. The summed E-state index contributed by atoms with van der Waals surface area (Å²) in [5.74, 6) is 1.01. The van der Waals surface area contributed by atoms with Crippen LogP contribution in [-0.4, -0.2) is 69.1 Å². The van der Waals surface area contributed by atoms with Gasteiger partial charge in [0.1, 0.15) is 0 Å². The van der Waals surface area contributed by atoms with E-state index in [2.05, 4.69) is 0 Å². The quantitative estimate of drug-likeness (QED) is 0.534. The maximum atomic E-state index is 13.3. The summed E-state index contributed by atoms with van der Waals surface area (Å²) >= 11 is 0. The topological polar surface area (TPSA) is 85.4 Å². The molecular weight excluding hydrogens is 456 g/mol. The zero-order chi connectivity index (χ0) is 24.9. The number of benzene rings is 2. The van der Waals surface area contributed by atoms with E-state index in [4.69, 9.17) is 14.2 Å². The molecule has 8 nitrogen and oxygen atoms in total. The molecule has 0 bridgehead atoms. The first-order valence-electron chi connectivity index (χ1n) is 11.5. The monoisotopic (exact) mass is 490 g/mol. The van der Waals surface area contributed by atoms with Crippen molar-refractivity contribution in [1.82, 2.24) is 9.21 Å². The number of hydrogen-bond donors (Lipinski definition) is 0. The Hall–Kier alpha value is -2.62. The van der Waals surface area contributed by atoms with E-state index in [1.165, 1.54) is 16.4 Å². The third kappa shape index (κ3) is 5.89. The van der Waals surface area contributed by atoms with E-state index in [0.717, 1.165) is 5.56 Å². The van der Waals surface area contributed by atoms with Gasteiger partial charge in [0.15, 0.2) is 11.5 Å². The van der Waals surface area contributed by atoms with Gasteiger partial charge in [0.25, 0.3) is 5.91 Å². The number of ether oxygens (including phenoxy) is 3. The molecule has 1 aliphatic heterocycles. The van der Waals surface area contributed by atoms with Crippen LogP contribution in [0.1, 0.15) is 43.6 Å². The van der Waals surface area contributed by atoms with Crippen molar-refractivity contribution < 1.29 is 27.4 Å². The first-order valence-corrected chi connectivity index (χ1v) is 13.0. The van der Waals surface area contributed by atoms with Crippen molar-refractivity contribution in [1.29, 1.82) is 0 Å². The summed E-state index contributed by atoms with van der Waals surface area (Å²) in [4.78, 5) is 15.1. The van der Waals surface area contributed by atoms with Crippen LogP contribution in [0.25, 0.3) is 0 Å². The van der Waals surface area contributed by atoms with E-state index < -0.39 is 10.0 Å². The van der Waals surface area contributed by atoms with E-state index in [0.29, 0.717) is 36.8 Å². The van der Waals surface area contributed by atoms with E-state index in [-0.39, 0.29) is 36.1 Å². The van der Waals surface area contributed by atoms with Crippen LogP contribution < -0.4 is 9.47 Å². The predicted molar refractivity (Wildman–Crippen MR) is 130 cm³/mol. The summed E-state index contributed by atoms with van der Waals surface area (Å²) in [7, 11) is -2.17. The van der Waals surface area contributed by atoms with Gasteiger partial charge in [-0.3, -0.25) is 4.79 Å². The number of methoxy groups -OCH3 is 1. The number of carbonyl (C=O) groups excluding carboxylic acids is 1. The molecule has 1 saturated heterocycles. The number of hydrogen-bond acceptors (Lipinski definition) is 6. The molecule has 0 spiro atoms. The first kappa shape index (κ1) is 26.0. The summed E-state index contributed by atoms with van der Waals surface area (Å²) in [5, 5.41) is 0. The molecule has 0 saturated carbocycles. The van der Waals surface area contributed by atoms with Gasteiger partial charge < -0.3 is 19.1 Å². The fraction of sp³-hybridized carbons (Fsp3) is 0.480. The van der Waals surface area contributed by atoms with Gasteiger partial charge in [-0.05, 0) is 63.6 Å². The first-order chi connectivity index (χ1) is 16.2. The molecule has 1 heterocycles. The second kappa shape index (κ2) is 11.2. The molecule has 9 heteroatoms. The number of rotatable bonds is 9. The minimum Gasteiger partial charge on any atom is -0.493 e. The zero-order valence-electron chi connectivity index (χ0n) is 20.5. The van der Waals surface area contributed by atoms with Gasteiger partial charge in [0.05, 0.1) is 30.8 Å². The minimum atomic E-state index is -3.74. The molecule has 1 fully saturated rings. The standard InChI is InChI=1S/C25H34N2O6S/c1-6-26(17-20-11-12-23(32-7-2)24(13-20)31-5)25(28)21-9-8-10-22(14-21)34(29,30)27-15-18(3)33-19(4)16-27/h8-14,18-19H,6-7,15-17H2,1-5H3. The Morgan fingerprint density at radius 1 is 1.09 bits per heavy atom. The SMILES string of the molecule is CCOc1ccc(CN(CC)C(=O)c2cccc(S(=O)(=O)N3CC(C)OC(C)C3)c2)cc1OC. The lowest BCUT2D eigenvalue weighted by Crippen LogP contribution is -2.48. The lowest BCUT2D eigenvalue weighted by atomic mass is 10.1. The van der Waals surface area contributed by atoms with Crippen molar-refractivity contribution >= 4 is 15.9 Å². The zero-order valence-corrected chi connectivity index (χ0v) is 21.3. The lowest BCUT2D eigenvalue weighted by molar-refractivity contribution is -0.0440. The lowest BCUT2D eigenvalue weighted by Gasteiger charge is -2.34. The van der Waals surface area contributed by atoms with Gasteiger partial charge in [-0.1, -0.05) is 12.1 Å². The fourth-order valence-corrected chi connectivity index (χ4v) is 5.72. The Labute approximate surface area is 202 Å².